The molecule has 0 fully saturated rings. The Morgan fingerprint density at radius 2 is 1.92 bits per heavy atom. The summed E-state index contributed by atoms with van der Waals surface area (Å²) >= 11 is 1.33. The molecule has 0 radical (unpaired) electrons. The van der Waals surface area contributed by atoms with Gasteiger partial charge in [0.2, 0.25) is 10.0 Å². The number of nitrogens with zero attached hydrogens (tertiary/aromatic N) is 1. The number of rotatable bonds is 5. The second kappa shape index (κ2) is 6.58. The summed E-state index contributed by atoms with van der Waals surface area (Å²) in [5.74, 6) is -0.234. The molecule has 0 saturated carbocycles. The van der Waals surface area contributed by atoms with Gasteiger partial charge in [-0.1, -0.05) is 29.5 Å². The van der Waals surface area contributed by atoms with Crippen molar-refractivity contribution in [1.29, 1.82) is 0 Å². The molecule has 0 unspecified atom stereocenters. The van der Waals surface area contributed by atoms with Crippen molar-refractivity contribution in [2.45, 2.75) is 6.92 Å². The van der Waals surface area contributed by atoms with Crippen molar-refractivity contribution in [3.8, 4) is 0 Å². The molecule has 8 heteroatoms. The van der Waals surface area contributed by atoms with Gasteiger partial charge >= 0.3 is 0 Å². The van der Waals surface area contributed by atoms with Crippen LogP contribution in [0.4, 0.5) is 10.8 Å². The van der Waals surface area contributed by atoms with Gasteiger partial charge in [0.25, 0.3) is 5.91 Å². The molecule has 1 heterocycles. The van der Waals surface area contributed by atoms with Crippen LogP contribution in [-0.2, 0) is 10.0 Å². The molecule has 1 aromatic heterocycles. The predicted octanol–water partition coefficient (Wildman–Crippen LogP) is 3.31. The van der Waals surface area contributed by atoms with E-state index < -0.39 is 10.0 Å². The lowest BCUT2D eigenvalue weighted by Crippen LogP contribution is -2.14. The third-order valence-electron chi connectivity index (χ3n) is 3.30. The van der Waals surface area contributed by atoms with Crippen LogP contribution in [-0.4, -0.2) is 25.1 Å². The van der Waals surface area contributed by atoms with Crippen molar-refractivity contribution in [2.75, 3.05) is 15.8 Å². The quantitative estimate of drug-likeness (QED) is 0.730. The van der Waals surface area contributed by atoms with Gasteiger partial charge in [-0.2, -0.15) is 0 Å². The van der Waals surface area contributed by atoms with E-state index in [-0.39, 0.29) is 11.7 Å². The Bertz CT molecular complexity index is 982. The Kier molecular flexibility index (Phi) is 4.50. The highest BCUT2D eigenvalue weighted by Crippen LogP contribution is 2.28. The molecule has 124 valence electrons. The van der Waals surface area contributed by atoms with E-state index >= 15 is 0 Å². The van der Waals surface area contributed by atoms with Crippen molar-refractivity contribution in [2.24, 2.45) is 0 Å². The van der Waals surface area contributed by atoms with Crippen LogP contribution in [0.15, 0.2) is 48.5 Å². The first kappa shape index (κ1) is 16.4. The van der Waals surface area contributed by atoms with Crippen LogP contribution >= 0.6 is 11.3 Å². The van der Waals surface area contributed by atoms with Crippen molar-refractivity contribution in [3.63, 3.8) is 0 Å². The Balaban J connectivity index is 1.82. The number of sulfonamides is 1. The average Bonchev–Trinajstić information content (AvgIpc) is 2.96. The molecular weight excluding hydrogens is 346 g/mol. The highest BCUT2D eigenvalue weighted by Gasteiger charge is 2.11. The third kappa shape index (κ3) is 3.72. The molecule has 0 aliphatic rings. The zero-order valence-corrected chi connectivity index (χ0v) is 14.4. The second-order valence-corrected chi connectivity index (χ2v) is 8.07. The summed E-state index contributed by atoms with van der Waals surface area (Å²) in [6.45, 7) is 1.57. The fourth-order valence-electron chi connectivity index (χ4n) is 2.05. The van der Waals surface area contributed by atoms with E-state index in [1.165, 1.54) is 11.3 Å². The molecule has 0 atom stereocenters. The highest BCUT2D eigenvalue weighted by molar-refractivity contribution is 7.92. The minimum atomic E-state index is -3.33. The monoisotopic (exact) mass is 361 g/mol. The molecule has 0 aliphatic heterocycles. The molecule has 3 rings (SSSR count). The maximum absolute atomic E-state index is 12.1. The molecule has 2 N–H and O–H groups in total. The molecule has 6 nitrogen and oxygen atoms in total. The van der Waals surface area contributed by atoms with Crippen LogP contribution in [0, 0.1) is 0 Å². The molecular formula is C16H15N3O3S2. The highest BCUT2D eigenvalue weighted by atomic mass is 32.2. The molecule has 0 aliphatic carbocycles. The van der Waals surface area contributed by atoms with Gasteiger partial charge in [0.1, 0.15) is 0 Å². The summed E-state index contributed by atoms with van der Waals surface area (Å²) < 4.78 is 26.6. The van der Waals surface area contributed by atoms with Crippen LogP contribution in [0.1, 0.15) is 17.3 Å². The zero-order chi connectivity index (χ0) is 17.2. The van der Waals surface area contributed by atoms with Gasteiger partial charge in [0, 0.05) is 5.56 Å². The number of nitrogens with one attached hydrogen (secondary N) is 2. The number of carbonyl (C=O) groups excluding carboxylic acids is 1. The Morgan fingerprint density at radius 3 is 2.62 bits per heavy atom. The number of carbonyl (C=O) groups is 1. The largest absolute Gasteiger partial charge is 0.298 e. The van der Waals surface area contributed by atoms with Gasteiger partial charge in [-0.15, -0.1) is 0 Å². The average molecular weight is 361 g/mol. The zero-order valence-electron chi connectivity index (χ0n) is 12.8. The summed E-state index contributed by atoms with van der Waals surface area (Å²) in [4.78, 5) is 16.5. The number of benzene rings is 2. The molecule has 2 aromatic carbocycles. The van der Waals surface area contributed by atoms with Crippen LogP contribution in [0.25, 0.3) is 10.2 Å². The maximum Gasteiger partial charge on any atom is 0.257 e. The summed E-state index contributed by atoms with van der Waals surface area (Å²) in [5, 5.41) is 3.22. The molecule has 3 aromatic rings. The van der Waals surface area contributed by atoms with Gasteiger partial charge in [0.15, 0.2) is 5.13 Å². The lowest BCUT2D eigenvalue weighted by Gasteiger charge is -2.04. The SMILES string of the molecule is CCS(=O)(=O)Nc1ccc2sc(NC(=O)c3ccccc3)nc2c1. The minimum Gasteiger partial charge on any atom is -0.298 e. The number of hydrogen-bond donors (Lipinski definition) is 2. The van der Waals surface area contributed by atoms with E-state index in [4.69, 9.17) is 0 Å². The number of fused-ring (bicyclic) bond motifs is 1. The van der Waals surface area contributed by atoms with E-state index in [1.807, 2.05) is 6.07 Å². The van der Waals surface area contributed by atoms with Crippen molar-refractivity contribution >= 4 is 48.3 Å². The van der Waals surface area contributed by atoms with Crippen LogP contribution < -0.4 is 10.0 Å². The number of amides is 1. The standard InChI is InChI=1S/C16H15N3O3S2/c1-2-24(21,22)19-12-8-9-14-13(10-12)17-16(23-14)18-15(20)11-6-4-3-5-7-11/h3-10,19H,2H2,1H3,(H,17,18,20). The topological polar surface area (TPSA) is 88.2 Å². The minimum absolute atomic E-state index is 0.000482. The van der Waals surface area contributed by atoms with E-state index in [2.05, 4.69) is 15.0 Å². The van der Waals surface area contributed by atoms with Crippen LogP contribution in [0.3, 0.4) is 0 Å². The molecule has 0 saturated heterocycles. The summed E-state index contributed by atoms with van der Waals surface area (Å²) in [5.41, 5.74) is 1.63. The van der Waals surface area contributed by atoms with Crippen molar-refractivity contribution in [1.82, 2.24) is 4.98 Å². The van der Waals surface area contributed by atoms with Gasteiger partial charge in [-0.25, -0.2) is 13.4 Å². The summed E-state index contributed by atoms with van der Waals surface area (Å²) in [6.07, 6.45) is 0. The Hall–Kier alpha value is -2.45. The van der Waals surface area contributed by atoms with Gasteiger partial charge < -0.3 is 0 Å². The smallest absolute Gasteiger partial charge is 0.257 e. The summed E-state index contributed by atoms with van der Waals surface area (Å²) in [7, 11) is -3.33. The van der Waals surface area contributed by atoms with Crippen molar-refractivity contribution < 1.29 is 13.2 Å². The molecule has 24 heavy (non-hydrogen) atoms. The second-order valence-electron chi connectivity index (χ2n) is 5.03. The number of thiazole rings is 1. The van der Waals surface area contributed by atoms with E-state index in [0.717, 1.165) is 4.70 Å². The lowest BCUT2D eigenvalue weighted by molar-refractivity contribution is 0.102. The predicted molar refractivity (Wildman–Crippen MR) is 97.1 cm³/mol. The lowest BCUT2D eigenvalue weighted by atomic mass is 10.2. The fraction of sp³-hybridized carbons (Fsp3) is 0.125. The summed E-state index contributed by atoms with van der Waals surface area (Å²) in [6, 6.07) is 14.0. The molecule has 1 amide bonds. The first-order valence-electron chi connectivity index (χ1n) is 7.24. The Morgan fingerprint density at radius 1 is 1.17 bits per heavy atom. The third-order valence-corrected chi connectivity index (χ3v) is 5.56. The molecule has 0 bridgehead atoms. The van der Waals surface area contributed by atoms with E-state index in [9.17, 15) is 13.2 Å². The molecule has 0 spiro atoms. The maximum atomic E-state index is 12.1. The van der Waals surface area contributed by atoms with Gasteiger partial charge in [-0.3, -0.25) is 14.8 Å². The fourth-order valence-corrected chi connectivity index (χ4v) is 3.53. The Labute approximate surface area is 143 Å². The van der Waals surface area contributed by atoms with Gasteiger partial charge in [0.05, 0.1) is 21.7 Å². The van der Waals surface area contributed by atoms with Crippen molar-refractivity contribution in [3.05, 3.63) is 54.1 Å². The first-order chi connectivity index (χ1) is 11.5. The normalized spacial score (nSPS) is 11.4. The number of aromatic nitrogens is 1. The van der Waals surface area contributed by atoms with E-state index in [1.54, 1.807) is 49.4 Å². The van der Waals surface area contributed by atoms with Crippen LogP contribution in [0.5, 0.6) is 0 Å². The van der Waals surface area contributed by atoms with Crippen LogP contribution in [0.2, 0.25) is 0 Å². The van der Waals surface area contributed by atoms with E-state index in [0.29, 0.717) is 21.9 Å². The van der Waals surface area contributed by atoms with Gasteiger partial charge in [-0.05, 0) is 37.3 Å². The number of hydrogen-bond acceptors (Lipinski definition) is 5. The number of anilines is 2. The first-order valence-corrected chi connectivity index (χ1v) is 9.71.